The van der Waals surface area contributed by atoms with Crippen molar-refractivity contribution in [1.29, 1.82) is 0 Å². The number of rotatable bonds is 4. The highest BCUT2D eigenvalue weighted by molar-refractivity contribution is 5.23. The van der Waals surface area contributed by atoms with Crippen LogP contribution in [-0.4, -0.2) is 17.1 Å². The Morgan fingerprint density at radius 1 is 1.57 bits per heavy atom. The zero-order valence-corrected chi connectivity index (χ0v) is 9.08. The number of hydrogen-bond acceptors (Lipinski definition) is 3. The van der Waals surface area contributed by atoms with E-state index in [1.54, 1.807) is 6.20 Å². The Morgan fingerprint density at radius 2 is 2.29 bits per heavy atom. The van der Waals surface area contributed by atoms with E-state index in [0.29, 0.717) is 12.5 Å². The van der Waals surface area contributed by atoms with Crippen molar-refractivity contribution in [2.45, 2.75) is 32.7 Å². The standard InChI is InChI=1S/C11H18N2O/c1-4-11(3,12)8-14-10-9(2)6-5-7-13-10/h5-7H,4,8,12H2,1-3H3. The number of ether oxygens (including phenoxy) is 1. The number of nitrogens with two attached hydrogens (primary N) is 1. The SMILES string of the molecule is CCC(C)(N)COc1ncccc1C. The zero-order chi connectivity index (χ0) is 10.6. The molecule has 3 nitrogen and oxygen atoms in total. The Hall–Kier alpha value is -1.09. The van der Waals surface area contributed by atoms with Crippen molar-refractivity contribution < 1.29 is 4.74 Å². The van der Waals surface area contributed by atoms with Crippen LogP contribution in [0.2, 0.25) is 0 Å². The van der Waals surface area contributed by atoms with Crippen LogP contribution in [0.15, 0.2) is 18.3 Å². The van der Waals surface area contributed by atoms with Crippen molar-refractivity contribution in [2.75, 3.05) is 6.61 Å². The van der Waals surface area contributed by atoms with Crippen molar-refractivity contribution in [2.24, 2.45) is 5.73 Å². The predicted octanol–water partition coefficient (Wildman–Crippen LogP) is 1.90. The van der Waals surface area contributed by atoms with Gasteiger partial charge in [0.15, 0.2) is 0 Å². The molecule has 0 saturated carbocycles. The molecule has 78 valence electrons. The highest BCUT2D eigenvalue weighted by Crippen LogP contribution is 2.14. The zero-order valence-electron chi connectivity index (χ0n) is 9.08. The fourth-order valence-electron chi connectivity index (χ4n) is 0.958. The van der Waals surface area contributed by atoms with Crippen LogP contribution in [0.1, 0.15) is 25.8 Å². The molecule has 1 rings (SSSR count). The summed E-state index contributed by atoms with van der Waals surface area (Å²) >= 11 is 0. The normalized spacial score (nSPS) is 14.9. The summed E-state index contributed by atoms with van der Waals surface area (Å²) < 4.78 is 5.56. The lowest BCUT2D eigenvalue weighted by molar-refractivity contribution is 0.217. The summed E-state index contributed by atoms with van der Waals surface area (Å²) in [5.41, 5.74) is 6.73. The molecule has 0 aliphatic rings. The highest BCUT2D eigenvalue weighted by atomic mass is 16.5. The van der Waals surface area contributed by atoms with E-state index in [4.69, 9.17) is 10.5 Å². The lowest BCUT2D eigenvalue weighted by atomic mass is 10.0. The molecule has 2 N–H and O–H groups in total. The lowest BCUT2D eigenvalue weighted by Gasteiger charge is -2.22. The molecular formula is C11H18N2O. The van der Waals surface area contributed by atoms with Gasteiger partial charge in [0.05, 0.1) is 0 Å². The minimum absolute atomic E-state index is 0.274. The van der Waals surface area contributed by atoms with Gasteiger partial charge >= 0.3 is 0 Å². The molecular weight excluding hydrogens is 176 g/mol. The number of nitrogens with zero attached hydrogens (tertiary/aromatic N) is 1. The quantitative estimate of drug-likeness (QED) is 0.796. The van der Waals surface area contributed by atoms with E-state index < -0.39 is 0 Å². The molecule has 0 saturated heterocycles. The van der Waals surface area contributed by atoms with Crippen molar-refractivity contribution in [3.8, 4) is 5.88 Å². The van der Waals surface area contributed by atoms with Crippen LogP contribution >= 0.6 is 0 Å². The van der Waals surface area contributed by atoms with Crippen molar-refractivity contribution in [1.82, 2.24) is 4.98 Å². The third-order valence-corrected chi connectivity index (χ3v) is 2.31. The molecule has 0 aromatic carbocycles. The van der Waals surface area contributed by atoms with Gasteiger partial charge in [-0.3, -0.25) is 0 Å². The number of pyridine rings is 1. The van der Waals surface area contributed by atoms with Crippen LogP contribution in [0.5, 0.6) is 5.88 Å². The van der Waals surface area contributed by atoms with Gasteiger partial charge in [0.1, 0.15) is 6.61 Å². The molecule has 1 aromatic heterocycles. The minimum atomic E-state index is -0.274. The second-order valence-electron chi connectivity index (χ2n) is 3.92. The highest BCUT2D eigenvalue weighted by Gasteiger charge is 2.17. The van der Waals surface area contributed by atoms with Crippen LogP contribution in [0.25, 0.3) is 0 Å². The summed E-state index contributed by atoms with van der Waals surface area (Å²) in [6, 6.07) is 3.87. The molecule has 1 atom stereocenters. The molecule has 0 bridgehead atoms. The molecule has 0 aliphatic heterocycles. The largest absolute Gasteiger partial charge is 0.476 e. The van der Waals surface area contributed by atoms with Crippen LogP contribution in [0.4, 0.5) is 0 Å². The fraction of sp³-hybridized carbons (Fsp3) is 0.545. The molecule has 14 heavy (non-hydrogen) atoms. The topological polar surface area (TPSA) is 48.1 Å². The molecule has 1 unspecified atom stereocenters. The van der Waals surface area contributed by atoms with Crippen molar-refractivity contribution in [3.63, 3.8) is 0 Å². The van der Waals surface area contributed by atoms with E-state index >= 15 is 0 Å². The van der Waals surface area contributed by atoms with Gasteiger partial charge in [-0.1, -0.05) is 13.0 Å². The number of aromatic nitrogens is 1. The van der Waals surface area contributed by atoms with Crippen LogP contribution in [0.3, 0.4) is 0 Å². The van der Waals surface area contributed by atoms with Gasteiger partial charge in [0, 0.05) is 17.3 Å². The molecule has 0 fully saturated rings. The maximum Gasteiger partial charge on any atom is 0.216 e. The monoisotopic (exact) mass is 194 g/mol. The lowest BCUT2D eigenvalue weighted by Crippen LogP contribution is -2.41. The third kappa shape index (κ3) is 3.00. The minimum Gasteiger partial charge on any atom is -0.476 e. The smallest absolute Gasteiger partial charge is 0.216 e. The average molecular weight is 194 g/mol. The van der Waals surface area contributed by atoms with Gasteiger partial charge in [-0.15, -0.1) is 0 Å². The molecule has 0 amide bonds. The summed E-state index contributed by atoms with van der Waals surface area (Å²) in [4.78, 5) is 4.14. The Kier molecular flexibility index (Phi) is 3.47. The number of hydrogen-bond donors (Lipinski definition) is 1. The van der Waals surface area contributed by atoms with E-state index in [9.17, 15) is 0 Å². The van der Waals surface area contributed by atoms with Crippen LogP contribution in [-0.2, 0) is 0 Å². The van der Waals surface area contributed by atoms with E-state index in [0.717, 1.165) is 12.0 Å². The van der Waals surface area contributed by atoms with Crippen molar-refractivity contribution >= 4 is 0 Å². The average Bonchev–Trinajstić information content (AvgIpc) is 2.17. The summed E-state index contributed by atoms with van der Waals surface area (Å²) in [7, 11) is 0. The van der Waals surface area contributed by atoms with Gasteiger partial charge < -0.3 is 10.5 Å². The van der Waals surface area contributed by atoms with E-state index in [1.165, 1.54) is 0 Å². The van der Waals surface area contributed by atoms with Gasteiger partial charge in [-0.25, -0.2) is 4.98 Å². The maximum atomic E-state index is 5.96. The van der Waals surface area contributed by atoms with E-state index in [2.05, 4.69) is 11.9 Å². The van der Waals surface area contributed by atoms with Gasteiger partial charge in [0.2, 0.25) is 5.88 Å². The Bertz CT molecular complexity index is 297. The number of aryl methyl sites for hydroxylation is 1. The first kappa shape index (κ1) is 11.0. The summed E-state index contributed by atoms with van der Waals surface area (Å²) in [6.45, 7) is 6.50. The van der Waals surface area contributed by atoms with Gasteiger partial charge in [-0.05, 0) is 26.3 Å². The molecule has 0 spiro atoms. The molecule has 1 heterocycles. The third-order valence-electron chi connectivity index (χ3n) is 2.31. The van der Waals surface area contributed by atoms with Crippen LogP contribution < -0.4 is 10.5 Å². The van der Waals surface area contributed by atoms with Crippen LogP contribution in [0, 0.1) is 6.92 Å². The summed E-state index contributed by atoms with van der Waals surface area (Å²) in [5, 5.41) is 0. The first-order valence-corrected chi connectivity index (χ1v) is 4.88. The van der Waals surface area contributed by atoms with E-state index in [1.807, 2.05) is 26.0 Å². The molecule has 0 radical (unpaired) electrons. The fourth-order valence-corrected chi connectivity index (χ4v) is 0.958. The summed E-state index contributed by atoms with van der Waals surface area (Å²) in [5.74, 6) is 0.678. The Balaban J connectivity index is 2.58. The predicted molar refractivity (Wildman–Crippen MR) is 57.4 cm³/mol. The first-order valence-electron chi connectivity index (χ1n) is 4.88. The van der Waals surface area contributed by atoms with E-state index in [-0.39, 0.29) is 5.54 Å². The van der Waals surface area contributed by atoms with Gasteiger partial charge in [0.25, 0.3) is 0 Å². The molecule has 3 heteroatoms. The first-order chi connectivity index (χ1) is 6.55. The summed E-state index contributed by atoms with van der Waals surface area (Å²) in [6.07, 6.45) is 2.61. The van der Waals surface area contributed by atoms with Crippen molar-refractivity contribution in [3.05, 3.63) is 23.9 Å². The maximum absolute atomic E-state index is 5.96. The second-order valence-corrected chi connectivity index (χ2v) is 3.92. The molecule has 0 aliphatic carbocycles. The Morgan fingerprint density at radius 3 is 2.86 bits per heavy atom. The second kappa shape index (κ2) is 4.42. The van der Waals surface area contributed by atoms with Gasteiger partial charge in [-0.2, -0.15) is 0 Å². The molecule has 1 aromatic rings. The Labute approximate surface area is 85.3 Å².